The molecule has 0 aliphatic heterocycles. The lowest BCUT2D eigenvalue weighted by molar-refractivity contribution is 0.570. The Kier molecular flexibility index (Phi) is 7.01. The van der Waals surface area contributed by atoms with E-state index in [-0.39, 0.29) is 0 Å². The molecule has 0 fully saturated rings. The minimum absolute atomic E-state index is 0.391. The molecule has 3 nitrogen and oxygen atoms in total. The van der Waals surface area contributed by atoms with E-state index in [1.54, 1.807) is 13.1 Å². The maximum Gasteiger partial charge on any atom is 0.0718 e. The largest absolute Gasteiger partial charge is 0.396 e. The molecule has 0 saturated heterocycles. The van der Waals surface area contributed by atoms with Crippen molar-refractivity contribution in [3.8, 4) is 0 Å². The van der Waals surface area contributed by atoms with Crippen LogP contribution in [-0.4, -0.2) is 5.71 Å². The van der Waals surface area contributed by atoms with Crippen molar-refractivity contribution in [1.82, 2.24) is 5.32 Å². The van der Waals surface area contributed by atoms with Gasteiger partial charge in [0.25, 0.3) is 0 Å². The standard InChI is InChI=1S/C13H23N3/c1-5-7-8-10(3)9-12(16-6-2)13(15)11(4)14/h5-7,10,14,16H,2,8-9,15H2,1,3-4H3/b7-5+,13-12-,14-11?. The van der Waals surface area contributed by atoms with Crippen LogP contribution in [0.15, 0.2) is 36.3 Å². The molecule has 0 rings (SSSR count). The van der Waals surface area contributed by atoms with E-state index < -0.39 is 0 Å². The SMILES string of the molecule is C=CN/C(CC(C)C/C=C/C)=C(\N)C(C)=N. The number of nitrogens with one attached hydrogen (secondary N) is 2. The highest BCUT2D eigenvalue weighted by molar-refractivity contribution is 5.95. The van der Waals surface area contributed by atoms with Crippen LogP contribution in [0, 0.1) is 11.3 Å². The molecule has 0 aromatic heterocycles. The van der Waals surface area contributed by atoms with Crippen molar-refractivity contribution in [2.24, 2.45) is 11.7 Å². The normalized spacial score (nSPS) is 14.4. The average Bonchev–Trinajstić information content (AvgIpc) is 2.24. The van der Waals surface area contributed by atoms with Crippen LogP contribution in [-0.2, 0) is 0 Å². The summed E-state index contributed by atoms with van der Waals surface area (Å²) in [6.07, 6.45) is 7.64. The summed E-state index contributed by atoms with van der Waals surface area (Å²) in [5, 5.41) is 10.5. The summed E-state index contributed by atoms with van der Waals surface area (Å²) >= 11 is 0. The number of hydrogen-bond acceptors (Lipinski definition) is 3. The molecule has 90 valence electrons. The van der Waals surface area contributed by atoms with E-state index in [0.717, 1.165) is 18.5 Å². The maximum atomic E-state index is 7.52. The van der Waals surface area contributed by atoms with Crippen molar-refractivity contribution in [3.63, 3.8) is 0 Å². The molecule has 0 aliphatic rings. The smallest absolute Gasteiger partial charge is 0.0718 e. The second-order valence-electron chi connectivity index (χ2n) is 3.98. The topological polar surface area (TPSA) is 61.9 Å². The highest BCUT2D eigenvalue weighted by Crippen LogP contribution is 2.15. The van der Waals surface area contributed by atoms with E-state index in [0.29, 0.717) is 17.3 Å². The van der Waals surface area contributed by atoms with E-state index in [1.165, 1.54) is 0 Å². The van der Waals surface area contributed by atoms with Gasteiger partial charge in [0.05, 0.1) is 11.4 Å². The number of hydrogen-bond donors (Lipinski definition) is 3. The van der Waals surface area contributed by atoms with Crippen molar-refractivity contribution in [1.29, 1.82) is 5.41 Å². The van der Waals surface area contributed by atoms with Crippen molar-refractivity contribution >= 4 is 5.71 Å². The molecule has 0 heterocycles. The van der Waals surface area contributed by atoms with Crippen LogP contribution >= 0.6 is 0 Å². The molecule has 0 saturated carbocycles. The van der Waals surface area contributed by atoms with Crippen LogP contribution < -0.4 is 11.1 Å². The lowest BCUT2D eigenvalue weighted by atomic mass is 9.99. The molecule has 0 bridgehead atoms. The Morgan fingerprint density at radius 1 is 1.56 bits per heavy atom. The number of rotatable bonds is 7. The molecule has 1 atom stereocenters. The minimum atomic E-state index is 0.391. The quantitative estimate of drug-likeness (QED) is 0.457. The highest BCUT2D eigenvalue weighted by Gasteiger charge is 2.08. The van der Waals surface area contributed by atoms with Gasteiger partial charge in [-0.15, -0.1) is 0 Å². The van der Waals surface area contributed by atoms with E-state index >= 15 is 0 Å². The Labute approximate surface area is 98.6 Å². The first-order chi connectivity index (χ1) is 7.52. The summed E-state index contributed by atoms with van der Waals surface area (Å²) in [5.74, 6) is 0.497. The van der Waals surface area contributed by atoms with E-state index in [9.17, 15) is 0 Å². The van der Waals surface area contributed by atoms with Gasteiger partial charge in [-0.2, -0.15) is 0 Å². The van der Waals surface area contributed by atoms with Gasteiger partial charge in [0.2, 0.25) is 0 Å². The van der Waals surface area contributed by atoms with Gasteiger partial charge < -0.3 is 16.5 Å². The van der Waals surface area contributed by atoms with E-state index in [4.69, 9.17) is 11.1 Å². The van der Waals surface area contributed by atoms with Crippen molar-refractivity contribution in [2.75, 3.05) is 0 Å². The van der Waals surface area contributed by atoms with E-state index in [1.807, 2.05) is 13.0 Å². The zero-order chi connectivity index (χ0) is 12.6. The predicted molar refractivity (Wildman–Crippen MR) is 71.2 cm³/mol. The van der Waals surface area contributed by atoms with Crippen LogP contribution in [0.3, 0.4) is 0 Å². The van der Waals surface area contributed by atoms with Gasteiger partial charge in [-0.3, -0.25) is 0 Å². The summed E-state index contributed by atoms with van der Waals surface area (Å²) in [6, 6.07) is 0. The molecule has 0 spiro atoms. The van der Waals surface area contributed by atoms with Gasteiger partial charge >= 0.3 is 0 Å². The zero-order valence-corrected chi connectivity index (χ0v) is 10.5. The minimum Gasteiger partial charge on any atom is -0.396 e. The monoisotopic (exact) mass is 221 g/mol. The van der Waals surface area contributed by atoms with Crippen molar-refractivity contribution in [2.45, 2.75) is 33.6 Å². The third kappa shape index (κ3) is 5.39. The number of nitrogens with two attached hydrogens (primary N) is 1. The first-order valence-corrected chi connectivity index (χ1v) is 5.55. The highest BCUT2D eigenvalue weighted by atomic mass is 14.9. The van der Waals surface area contributed by atoms with Gasteiger partial charge in [-0.25, -0.2) is 0 Å². The Morgan fingerprint density at radius 2 is 2.19 bits per heavy atom. The van der Waals surface area contributed by atoms with Crippen molar-refractivity contribution < 1.29 is 0 Å². The maximum absolute atomic E-state index is 7.52. The fourth-order valence-electron chi connectivity index (χ4n) is 1.40. The second-order valence-corrected chi connectivity index (χ2v) is 3.98. The first kappa shape index (κ1) is 14.5. The van der Waals surface area contributed by atoms with Crippen LogP contribution in [0.25, 0.3) is 0 Å². The lowest BCUT2D eigenvalue weighted by Crippen LogP contribution is -2.19. The molecule has 0 aromatic carbocycles. The molecule has 3 heteroatoms. The zero-order valence-electron chi connectivity index (χ0n) is 10.5. The molecule has 16 heavy (non-hydrogen) atoms. The molecular formula is C13H23N3. The fourth-order valence-corrected chi connectivity index (χ4v) is 1.40. The number of allylic oxidation sites excluding steroid dienone is 4. The molecule has 4 N–H and O–H groups in total. The first-order valence-electron chi connectivity index (χ1n) is 5.55. The van der Waals surface area contributed by atoms with Crippen molar-refractivity contribution in [3.05, 3.63) is 36.3 Å². The van der Waals surface area contributed by atoms with E-state index in [2.05, 4.69) is 24.9 Å². The Morgan fingerprint density at radius 3 is 2.62 bits per heavy atom. The van der Waals surface area contributed by atoms with Gasteiger partial charge in [-0.05, 0) is 38.8 Å². The van der Waals surface area contributed by atoms with Gasteiger partial charge in [0, 0.05) is 5.70 Å². The summed E-state index contributed by atoms with van der Waals surface area (Å²) in [5.41, 5.74) is 7.65. The van der Waals surface area contributed by atoms with Crippen LogP contribution in [0.5, 0.6) is 0 Å². The van der Waals surface area contributed by atoms with Crippen LogP contribution in [0.4, 0.5) is 0 Å². The summed E-state index contributed by atoms with van der Waals surface area (Å²) < 4.78 is 0. The summed E-state index contributed by atoms with van der Waals surface area (Å²) in [4.78, 5) is 0. The van der Waals surface area contributed by atoms with Gasteiger partial charge in [0.15, 0.2) is 0 Å². The molecule has 0 aromatic rings. The van der Waals surface area contributed by atoms with Gasteiger partial charge in [0.1, 0.15) is 0 Å². The lowest BCUT2D eigenvalue weighted by Gasteiger charge is -2.15. The molecular weight excluding hydrogens is 198 g/mol. The molecule has 1 unspecified atom stereocenters. The Bertz CT molecular complexity index is 300. The molecule has 0 aliphatic carbocycles. The third-order valence-electron chi connectivity index (χ3n) is 2.33. The third-order valence-corrected chi connectivity index (χ3v) is 2.33. The fraction of sp³-hybridized carbons (Fsp3) is 0.462. The molecule has 0 radical (unpaired) electrons. The summed E-state index contributed by atoms with van der Waals surface area (Å²) in [6.45, 7) is 9.50. The van der Waals surface area contributed by atoms with Crippen LogP contribution in [0.1, 0.15) is 33.6 Å². The Hall–Kier alpha value is -1.51. The Balaban J connectivity index is 4.62. The average molecular weight is 221 g/mol. The summed E-state index contributed by atoms with van der Waals surface area (Å²) in [7, 11) is 0. The second kappa shape index (κ2) is 7.74. The van der Waals surface area contributed by atoms with Gasteiger partial charge in [-0.1, -0.05) is 25.7 Å². The van der Waals surface area contributed by atoms with Crippen LogP contribution in [0.2, 0.25) is 0 Å². The predicted octanol–water partition coefficient (Wildman–Crippen LogP) is 2.92. The molecule has 0 amide bonds.